The Hall–Kier alpha value is -4.89. The van der Waals surface area contributed by atoms with Crippen molar-refractivity contribution in [1.29, 1.82) is 0 Å². The number of hydrogen-bond acceptors (Lipinski definition) is 9. The topological polar surface area (TPSA) is 163 Å². The Morgan fingerprint density at radius 3 is 2.43 bits per heavy atom. The summed E-state index contributed by atoms with van der Waals surface area (Å²) in [7, 11) is 4.07. The molecule has 2 aliphatic carbocycles. The van der Waals surface area contributed by atoms with Crippen LogP contribution in [-0.2, 0) is 24.0 Å². The van der Waals surface area contributed by atoms with Gasteiger partial charge in [-0.15, -0.1) is 0 Å². The van der Waals surface area contributed by atoms with E-state index in [9.17, 15) is 24.6 Å². The molecule has 0 spiro atoms. The molecule has 4 N–H and O–H groups in total. The summed E-state index contributed by atoms with van der Waals surface area (Å²) in [5.74, 6) is 0.478. The first-order chi connectivity index (χ1) is 28.8. The van der Waals surface area contributed by atoms with Crippen molar-refractivity contribution in [2.45, 2.75) is 120 Å². The molecular formula is C46H59N9O5. The molecule has 9 rings (SSSR count). The molecule has 14 nitrogen and oxygen atoms in total. The number of hydrogen-bond donors (Lipinski definition) is 4. The molecule has 0 radical (unpaired) electrons. The number of aromatic nitrogens is 5. The zero-order valence-corrected chi connectivity index (χ0v) is 35.3. The second kappa shape index (κ2) is 16.2. The number of rotatable bonds is 11. The molecule has 0 bridgehead atoms. The van der Waals surface area contributed by atoms with Crippen LogP contribution in [0.25, 0.3) is 21.9 Å². The van der Waals surface area contributed by atoms with Crippen molar-refractivity contribution in [2.75, 3.05) is 32.0 Å². The lowest BCUT2D eigenvalue weighted by atomic mass is 9.85. The number of carbonyl (C=O) groups excluding carboxylic acids is 2. The third-order valence-corrected chi connectivity index (χ3v) is 13.7. The van der Waals surface area contributed by atoms with E-state index in [0.717, 1.165) is 111 Å². The predicted octanol–water partition coefficient (Wildman–Crippen LogP) is 5.54. The summed E-state index contributed by atoms with van der Waals surface area (Å²) in [5, 5.41) is 32.6. The molecule has 4 aliphatic rings. The number of pyridine rings is 1. The maximum absolute atomic E-state index is 13.4. The van der Waals surface area contributed by atoms with E-state index in [1.807, 2.05) is 36.4 Å². The van der Waals surface area contributed by atoms with Crippen molar-refractivity contribution in [1.82, 2.24) is 39.0 Å². The van der Waals surface area contributed by atoms with Crippen LogP contribution in [0.1, 0.15) is 123 Å². The van der Waals surface area contributed by atoms with E-state index in [-0.39, 0.29) is 17.5 Å². The Morgan fingerprint density at radius 1 is 0.967 bits per heavy atom. The largest absolute Gasteiger partial charge is 0.386 e. The summed E-state index contributed by atoms with van der Waals surface area (Å²) < 4.78 is 5.38. The second-order valence-corrected chi connectivity index (χ2v) is 18.5. The normalized spacial score (nSPS) is 23.4. The lowest BCUT2D eigenvalue weighted by Gasteiger charge is -2.39. The molecule has 318 valence electrons. The highest BCUT2D eigenvalue weighted by atomic mass is 16.3. The molecular weight excluding hydrogens is 759 g/mol. The summed E-state index contributed by atoms with van der Waals surface area (Å²) in [6, 6.07) is 15.7. The van der Waals surface area contributed by atoms with Crippen molar-refractivity contribution in [3.05, 3.63) is 87.7 Å². The lowest BCUT2D eigenvalue weighted by molar-refractivity contribution is -0.130. The van der Waals surface area contributed by atoms with Crippen LogP contribution in [0.3, 0.4) is 0 Å². The number of amides is 2. The van der Waals surface area contributed by atoms with Crippen LogP contribution in [0.5, 0.6) is 0 Å². The van der Waals surface area contributed by atoms with E-state index in [0.29, 0.717) is 53.7 Å². The number of aliphatic hydroxyl groups is 2. The van der Waals surface area contributed by atoms with Gasteiger partial charge >= 0.3 is 5.69 Å². The number of imidazole rings is 1. The molecule has 2 unspecified atom stereocenters. The molecule has 4 fully saturated rings. The van der Waals surface area contributed by atoms with E-state index in [4.69, 9.17) is 5.10 Å². The average molecular weight is 818 g/mol. The number of fused-ring (bicyclic) bond motifs is 2. The third-order valence-electron chi connectivity index (χ3n) is 13.7. The fourth-order valence-corrected chi connectivity index (χ4v) is 10.1. The van der Waals surface area contributed by atoms with Crippen molar-refractivity contribution < 1.29 is 19.8 Å². The molecule has 60 heavy (non-hydrogen) atoms. The molecule has 2 amide bonds. The fourth-order valence-electron chi connectivity index (χ4n) is 10.1. The maximum atomic E-state index is 13.4. The number of nitrogens with one attached hydrogen (secondary N) is 2. The van der Waals surface area contributed by atoms with E-state index >= 15 is 0 Å². The van der Waals surface area contributed by atoms with Gasteiger partial charge < -0.3 is 25.7 Å². The van der Waals surface area contributed by atoms with Gasteiger partial charge in [0.15, 0.2) is 0 Å². The minimum absolute atomic E-state index is 0.207. The summed E-state index contributed by atoms with van der Waals surface area (Å²) in [5.41, 5.74) is 4.68. The lowest BCUT2D eigenvalue weighted by Crippen LogP contribution is -2.46. The van der Waals surface area contributed by atoms with Crippen molar-refractivity contribution in [2.24, 2.45) is 13.0 Å². The van der Waals surface area contributed by atoms with E-state index in [1.54, 1.807) is 36.1 Å². The molecule has 2 saturated carbocycles. The van der Waals surface area contributed by atoms with E-state index < -0.39 is 17.9 Å². The minimum Gasteiger partial charge on any atom is -0.386 e. The van der Waals surface area contributed by atoms with Crippen LogP contribution in [0, 0.1) is 5.92 Å². The first kappa shape index (κ1) is 40.5. The second-order valence-electron chi connectivity index (χ2n) is 18.5. The summed E-state index contributed by atoms with van der Waals surface area (Å²) in [4.78, 5) is 49.3. The van der Waals surface area contributed by atoms with Crippen LogP contribution < -0.4 is 16.3 Å². The Balaban J connectivity index is 0.792. The highest BCUT2D eigenvalue weighted by Gasteiger charge is 2.33. The van der Waals surface area contributed by atoms with Crippen LogP contribution in [0.2, 0.25) is 0 Å². The predicted molar refractivity (Wildman–Crippen MR) is 231 cm³/mol. The quantitative estimate of drug-likeness (QED) is 0.134. The van der Waals surface area contributed by atoms with E-state index in [1.165, 1.54) is 0 Å². The maximum Gasteiger partial charge on any atom is 0.329 e. The van der Waals surface area contributed by atoms with E-state index in [2.05, 4.69) is 49.4 Å². The van der Waals surface area contributed by atoms with Gasteiger partial charge in [-0.2, -0.15) is 5.10 Å². The third kappa shape index (κ3) is 8.14. The number of para-hydroxylation sites is 1. The Labute approximate surface area is 350 Å². The van der Waals surface area contributed by atoms with Gasteiger partial charge in [0.05, 0.1) is 28.2 Å². The van der Waals surface area contributed by atoms with Gasteiger partial charge in [-0.25, -0.2) is 9.78 Å². The molecule has 3 aromatic heterocycles. The van der Waals surface area contributed by atoms with Gasteiger partial charge in [0.1, 0.15) is 18.0 Å². The SMILES string of the molecule is CN(CC1CCC(n2cc3cc(NC(=O)c4cccc(C5CC5)n4)c(C(C)(C)O)cc3n2)CC1)C1CCN(Cc2cccc3c2n(C)c(=O)n3C2CCC(O)NC2=O)CC1. The number of aliphatic hydroxyl groups excluding tert-OH is 1. The summed E-state index contributed by atoms with van der Waals surface area (Å²) in [6.45, 7) is 7.25. The van der Waals surface area contributed by atoms with Crippen LogP contribution in [-0.4, -0.2) is 94.7 Å². The molecule has 5 aromatic rings. The Morgan fingerprint density at radius 2 is 1.72 bits per heavy atom. The first-order valence-corrected chi connectivity index (χ1v) is 21.9. The van der Waals surface area contributed by atoms with Gasteiger partial charge in [-0.3, -0.25) is 28.3 Å². The number of aryl methyl sites for hydroxylation is 1. The van der Waals surface area contributed by atoms with Crippen molar-refractivity contribution in [3.63, 3.8) is 0 Å². The van der Waals surface area contributed by atoms with Crippen LogP contribution >= 0.6 is 0 Å². The van der Waals surface area contributed by atoms with Crippen molar-refractivity contribution in [3.8, 4) is 0 Å². The van der Waals surface area contributed by atoms with Crippen molar-refractivity contribution >= 4 is 39.4 Å². The number of anilines is 1. The summed E-state index contributed by atoms with van der Waals surface area (Å²) in [6.07, 6.45) is 10.9. The molecule has 2 atom stereocenters. The van der Waals surface area contributed by atoms with Gasteiger partial charge in [0, 0.05) is 60.6 Å². The van der Waals surface area contributed by atoms with Gasteiger partial charge in [0.25, 0.3) is 5.91 Å². The molecule has 2 aromatic carbocycles. The number of nitrogens with zero attached hydrogens (tertiary/aromatic N) is 7. The highest BCUT2D eigenvalue weighted by Crippen LogP contribution is 2.39. The molecule has 2 aliphatic heterocycles. The van der Waals surface area contributed by atoms with Gasteiger partial charge in [-0.05, 0) is 140 Å². The highest BCUT2D eigenvalue weighted by molar-refractivity contribution is 6.04. The number of carbonyl (C=O) groups is 2. The smallest absolute Gasteiger partial charge is 0.329 e. The zero-order valence-electron chi connectivity index (χ0n) is 35.3. The van der Waals surface area contributed by atoms with Crippen LogP contribution in [0.4, 0.5) is 5.69 Å². The number of benzene rings is 2. The first-order valence-electron chi connectivity index (χ1n) is 21.9. The Bertz CT molecular complexity index is 2460. The number of piperidine rings is 2. The van der Waals surface area contributed by atoms with Gasteiger partial charge in [-0.1, -0.05) is 18.2 Å². The number of likely N-dealkylation sites (tertiary alicyclic amines) is 1. The van der Waals surface area contributed by atoms with Crippen LogP contribution in [0.15, 0.2) is 59.5 Å². The Kier molecular flexibility index (Phi) is 10.9. The zero-order chi connectivity index (χ0) is 41.9. The molecule has 5 heterocycles. The molecule has 2 saturated heterocycles. The molecule has 14 heteroatoms. The van der Waals surface area contributed by atoms with Gasteiger partial charge in [0.2, 0.25) is 5.91 Å². The fraction of sp³-hybridized carbons (Fsp3) is 0.543. The summed E-state index contributed by atoms with van der Waals surface area (Å²) >= 11 is 0. The standard InChI is InChI=1S/C46H59N9O5/c1-46(2,60)34-24-37-31(23-38(34)48-43(57)36-9-6-8-35(47-36)29-13-14-29)27-54(50-37)33-15-11-28(12-16-33)25-51(3)32-19-21-53(22-20-32)26-30-7-5-10-39-42(30)52(4)45(59)55(39)40-17-18-41(56)49-44(40)58/h5-10,23-24,27-29,32-33,40-41,56,60H,11-22,25-26H2,1-4H3,(H,48,57)(H,49,58). The average Bonchev–Trinajstić information content (AvgIpc) is 3.95. The monoisotopic (exact) mass is 817 g/mol. The minimum atomic E-state index is -1.18.